The molecule has 0 bridgehead atoms. The molecule has 1 amide bonds. The number of nitrogens with one attached hydrogen (secondary N) is 2. The summed E-state index contributed by atoms with van der Waals surface area (Å²) >= 11 is 1.62. The van der Waals surface area contributed by atoms with Gasteiger partial charge in [0.1, 0.15) is 6.54 Å². The average molecular weight is 332 g/mol. The second-order valence-corrected chi connectivity index (χ2v) is 6.10. The normalized spacial score (nSPS) is 11.7. The standard InChI is InChI=1S/C17H20N2O3S/c1-2-6-14(15-9-5-10-23-15)19-17(22)12-7-3-4-8-13(12)18-11-16(20)21/h3-5,7-10,14,18H,2,6,11H2,1H3,(H,19,22)(H,20,21)/t14-/m1/s1. The molecule has 2 aromatic rings. The largest absolute Gasteiger partial charge is 0.480 e. The third kappa shape index (κ3) is 4.82. The van der Waals surface area contributed by atoms with Crippen LogP contribution in [-0.4, -0.2) is 23.5 Å². The fourth-order valence-corrected chi connectivity index (χ4v) is 3.12. The lowest BCUT2D eigenvalue weighted by molar-refractivity contribution is -0.134. The van der Waals surface area contributed by atoms with Crippen LogP contribution in [0.25, 0.3) is 0 Å². The Morgan fingerprint density at radius 2 is 2.00 bits per heavy atom. The number of carboxylic acids is 1. The van der Waals surface area contributed by atoms with E-state index in [0.29, 0.717) is 11.3 Å². The van der Waals surface area contributed by atoms with Crippen LogP contribution in [0.3, 0.4) is 0 Å². The first-order valence-corrected chi connectivity index (χ1v) is 8.38. The predicted octanol–water partition coefficient (Wildman–Crippen LogP) is 3.52. The highest BCUT2D eigenvalue weighted by Crippen LogP contribution is 2.24. The SMILES string of the molecule is CCC[C@@H](NC(=O)c1ccccc1NCC(=O)O)c1cccs1. The Bertz CT molecular complexity index is 656. The maximum Gasteiger partial charge on any atom is 0.322 e. The summed E-state index contributed by atoms with van der Waals surface area (Å²) in [5.74, 6) is -1.17. The summed E-state index contributed by atoms with van der Waals surface area (Å²) < 4.78 is 0. The van der Waals surface area contributed by atoms with Crippen LogP contribution in [0, 0.1) is 0 Å². The Morgan fingerprint density at radius 3 is 2.65 bits per heavy atom. The van der Waals surface area contributed by atoms with E-state index in [4.69, 9.17) is 5.11 Å². The van der Waals surface area contributed by atoms with E-state index in [9.17, 15) is 9.59 Å². The van der Waals surface area contributed by atoms with Crippen molar-refractivity contribution in [3.63, 3.8) is 0 Å². The Hall–Kier alpha value is -2.34. The van der Waals surface area contributed by atoms with Crippen LogP contribution >= 0.6 is 11.3 Å². The van der Waals surface area contributed by atoms with Gasteiger partial charge in [-0.05, 0) is 30.0 Å². The second-order valence-electron chi connectivity index (χ2n) is 5.12. The quantitative estimate of drug-likeness (QED) is 0.691. The molecule has 3 N–H and O–H groups in total. The topological polar surface area (TPSA) is 78.4 Å². The van der Waals surface area contributed by atoms with Gasteiger partial charge in [0.15, 0.2) is 0 Å². The summed E-state index contributed by atoms with van der Waals surface area (Å²) in [6.45, 7) is 1.85. The molecule has 0 unspecified atom stereocenters. The summed E-state index contributed by atoms with van der Waals surface area (Å²) in [5, 5.41) is 16.6. The van der Waals surface area contributed by atoms with E-state index in [2.05, 4.69) is 17.6 Å². The molecule has 1 aromatic heterocycles. The number of hydrogen-bond acceptors (Lipinski definition) is 4. The van der Waals surface area contributed by atoms with Crippen LogP contribution in [0.2, 0.25) is 0 Å². The third-order valence-electron chi connectivity index (χ3n) is 3.37. The third-order valence-corrected chi connectivity index (χ3v) is 4.36. The van der Waals surface area contributed by atoms with E-state index >= 15 is 0 Å². The highest BCUT2D eigenvalue weighted by Gasteiger charge is 2.18. The van der Waals surface area contributed by atoms with Crippen molar-refractivity contribution in [1.82, 2.24) is 5.32 Å². The number of benzene rings is 1. The van der Waals surface area contributed by atoms with Gasteiger partial charge in [-0.15, -0.1) is 11.3 Å². The molecule has 0 saturated carbocycles. The number of rotatable bonds is 8. The first-order valence-electron chi connectivity index (χ1n) is 7.50. The fourth-order valence-electron chi connectivity index (χ4n) is 2.31. The monoisotopic (exact) mass is 332 g/mol. The van der Waals surface area contributed by atoms with Gasteiger partial charge in [-0.1, -0.05) is 31.5 Å². The molecule has 122 valence electrons. The first-order chi connectivity index (χ1) is 11.1. The van der Waals surface area contributed by atoms with E-state index in [-0.39, 0.29) is 18.5 Å². The Balaban J connectivity index is 2.14. The van der Waals surface area contributed by atoms with Crippen LogP contribution in [0.4, 0.5) is 5.69 Å². The number of carboxylic acid groups (broad SMARTS) is 1. The minimum absolute atomic E-state index is 0.0278. The van der Waals surface area contributed by atoms with Gasteiger partial charge in [0.25, 0.3) is 5.91 Å². The van der Waals surface area contributed by atoms with Gasteiger partial charge in [0.05, 0.1) is 11.6 Å². The van der Waals surface area contributed by atoms with Crippen molar-refractivity contribution >= 4 is 28.9 Å². The number of para-hydroxylation sites is 1. The van der Waals surface area contributed by atoms with Gasteiger partial charge < -0.3 is 15.7 Å². The van der Waals surface area contributed by atoms with Crippen LogP contribution < -0.4 is 10.6 Å². The molecule has 2 rings (SSSR count). The number of carbonyl (C=O) groups excluding carboxylic acids is 1. The molecular formula is C17H20N2O3S. The number of anilines is 1. The van der Waals surface area contributed by atoms with E-state index in [0.717, 1.165) is 17.7 Å². The lowest BCUT2D eigenvalue weighted by Gasteiger charge is -2.18. The second kappa shape index (κ2) is 8.33. The highest BCUT2D eigenvalue weighted by molar-refractivity contribution is 7.10. The molecule has 0 aliphatic heterocycles. The zero-order valence-corrected chi connectivity index (χ0v) is 13.7. The van der Waals surface area contributed by atoms with E-state index in [1.165, 1.54) is 0 Å². The van der Waals surface area contributed by atoms with E-state index in [1.54, 1.807) is 35.6 Å². The molecule has 0 radical (unpaired) electrons. The summed E-state index contributed by atoms with van der Waals surface area (Å²) in [4.78, 5) is 24.4. The summed E-state index contributed by atoms with van der Waals surface area (Å²) in [6.07, 6.45) is 1.82. The highest BCUT2D eigenvalue weighted by atomic mass is 32.1. The van der Waals surface area contributed by atoms with Gasteiger partial charge in [0.2, 0.25) is 0 Å². The lowest BCUT2D eigenvalue weighted by atomic mass is 10.1. The molecule has 0 spiro atoms. The summed E-state index contributed by atoms with van der Waals surface area (Å²) in [5.41, 5.74) is 0.972. The van der Waals surface area contributed by atoms with Gasteiger partial charge in [0, 0.05) is 10.6 Å². The maximum absolute atomic E-state index is 12.6. The molecule has 5 nitrogen and oxygen atoms in total. The van der Waals surface area contributed by atoms with E-state index in [1.807, 2.05) is 17.5 Å². The molecule has 6 heteroatoms. The smallest absolute Gasteiger partial charge is 0.322 e. The Morgan fingerprint density at radius 1 is 1.22 bits per heavy atom. The van der Waals surface area contributed by atoms with Gasteiger partial charge in [-0.25, -0.2) is 0 Å². The zero-order chi connectivity index (χ0) is 16.7. The molecule has 0 fully saturated rings. The number of hydrogen-bond donors (Lipinski definition) is 3. The molecule has 1 heterocycles. The molecule has 1 aromatic carbocycles. The van der Waals surface area contributed by atoms with Crippen molar-refractivity contribution < 1.29 is 14.7 Å². The lowest BCUT2D eigenvalue weighted by Crippen LogP contribution is -2.29. The number of carbonyl (C=O) groups is 2. The fraction of sp³-hybridized carbons (Fsp3) is 0.294. The molecule has 0 aliphatic carbocycles. The van der Waals surface area contributed by atoms with Crippen LogP contribution in [-0.2, 0) is 4.79 Å². The van der Waals surface area contributed by atoms with Crippen molar-refractivity contribution in [1.29, 1.82) is 0 Å². The van der Waals surface area contributed by atoms with E-state index < -0.39 is 5.97 Å². The van der Waals surface area contributed by atoms with Crippen molar-refractivity contribution in [2.24, 2.45) is 0 Å². The molecule has 0 aliphatic rings. The van der Waals surface area contributed by atoms with Crippen molar-refractivity contribution in [3.8, 4) is 0 Å². The minimum Gasteiger partial charge on any atom is -0.480 e. The first kappa shape index (κ1) is 17.0. The predicted molar refractivity (Wildman–Crippen MR) is 92.0 cm³/mol. The average Bonchev–Trinajstić information content (AvgIpc) is 3.07. The molecule has 1 atom stereocenters. The van der Waals surface area contributed by atoms with Gasteiger partial charge in [-0.2, -0.15) is 0 Å². The Kier molecular flexibility index (Phi) is 6.17. The van der Waals surface area contributed by atoms with Gasteiger partial charge >= 0.3 is 5.97 Å². The Labute approximate surface area is 139 Å². The summed E-state index contributed by atoms with van der Waals surface area (Å²) in [7, 11) is 0. The molecular weight excluding hydrogens is 312 g/mol. The maximum atomic E-state index is 12.6. The minimum atomic E-state index is -0.970. The van der Waals surface area contributed by atoms with Crippen molar-refractivity contribution in [2.75, 3.05) is 11.9 Å². The zero-order valence-electron chi connectivity index (χ0n) is 12.9. The number of thiophene rings is 1. The van der Waals surface area contributed by atoms with Crippen LogP contribution in [0.1, 0.15) is 41.0 Å². The molecule has 23 heavy (non-hydrogen) atoms. The van der Waals surface area contributed by atoms with Crippen LogP contribution in [0.5, 0.6) is 0 Å². The van der Waals surface area contributed by atoms with Crippen LogP contribution in [0.15, 0.2) is 41.8 Å². The number of aliphatic carboxylic acids is 1. The number of amides is 1. The van der Waals surface area contributed by atoms with Crippen molar-refractivity contribution in [2.45, 2.75) is 25.8 Å². The van der Waals surface area contributed by atoms with Crippen molar-refractivity contribution in [3.05, 3.63) is 52.2 Å². The van der Waals surface area contributed by atoms with Gasteiger partial charge in [-0.3, -0.25) is 9.59 Å². The summed E-state index contributed by atoms with van der Waals surface area (Å²) in [6, 6.07) is 10.9. The molecule has 0 saturated heterocycles.